The van der Waals surface area contributed by atoms with E-state index in [0.717, 1.165) is 12.8 Å². The van der Waals surface area contributed by atoms with Crippen molar-refractivity contribution in [1.82, 2.24) is 4.90 Å². The van der Waals surface area contributed by atoms with Crippen LogP contribution in [-0.2, 0) is 24.0 Å². The van der Waals surface area contributed by atoms with Crippen molar-refractivity contribution in [3.8, 4) is 0 Å². The average Bonchev–Trinajstić information content (AvgIpc) is 2.90. The van der Waals surface area contributed by atoms with Crippen LogP contribution < -0.4 is 0 Å². The zero-order chi connectivity index (χ0) is 20.4. The molecule has 5 heterocycles. The summed E-state index contributed by atoms with van der Waals surface area (Å²) in [6.07, 6.45) is -2.91. The Kier molecular flexibility index (Phi) is 4.71. The number of nitrogens with zero attached hydrogens (tertiary/aromatic N) is 1. The molecular formula is C20H28F3NO5. The van der Waals surface area contributed by atoms with E-state index in [1.165, 1.54) is 0 Å². The number of morpholine rings is 1. The van der Waals surface area contributed by atoms with Gasteiger partial charge in [-0.25, -0.2) is 9.78 Å². The van der Waals surface area contributed by atoms with Gasteiger partial charge in [-0.1, -0.05) is 6.92 Å². The third-order valence-corrected chi connectivity index (χ3v) is 7.41. The molecule has 5 aliphatic heterocycles. The van der Waals surface area contributed by atoms with Gasteiger partial charge in [-0.3, -0.25) is 4.90 Å². The Hall–Kier alpha value is -0.870. The highest BCUT2D eigenvalue weighted by Crippen LogP contribution is 2.61. The Bertz CT molecular complexity index is 694. The van der Waals surface area contributed by atoms with Crippen LogP contribution in [0.15, 0.2) is 11.3 Å². The van der Waals surface area contributed by atoms with Gasteiger partial charge in [-0.15, -0.1) is 0 Å². The second kappa shape index (κ2) is 6.82. The van der Waals surface area contributed by atoms with Gasteiger partial charge in [0.2, 0.25) is 17.8 Å². The van der Waals surface area contributed by atoms with Crippen LogP contribution in [0.5, 0.6) is 0 Å². The SMILES string of the molecule is C[C@@H]1CC[C@H]2C(CN3CCOCC3)=C(C(F)(F)F)O[C@@H]3OC4(C)CC[C@@H]1C32OO4. The maximum absolute atomic E-state index is 14.1. The minimum absolute atomic E-state index is 0.0186. The van der Waals surface area contributed by atoms with Crippen molar-refractivity contribution in [3.63, 3.8) is 0 Å². The van der Waals surface area contributed by atoms with Crippen LogP contribution in [0.2, 0.25) is 0 Å². The number of hydrogen-bond donors (Lipinski definition) is 0. The minimum Gasteiger partial charge on any atom is -0.456 e. The lowest BCUT2D eigenvalue weighted by molar-refractivity contribution is -0.557. The molecule has 6 rings (SSSR count). The Morgan fingerprint density at radius 2 is 1.86 bits per heavy atom. The van der Waals surface area contributed by atoms with Crippen LogP contribution in [0.1, 0.15) is 39.5 Å². The van der Waals surface area contributed by atoms with Crippen molar-refractivity contribution < 1.29 is 37.2 Å². The molecule has 0 aromatic rings. The molecule has 29 heavy (non-hydrogen) atoms. The largest absolute Gasteiger partial charge is 0.456 e. The Morgan fingerprint density at radius 3 is 2.59 bits per heavy atom. The number of halogens is 3. The molecule has 6 atom stereocenters. The van der Waals surface area contributed by atoms with Gasteiger partial charge in [0.15, 0.2) is 5.60 Å². The summed E-state index contributed by atoms with van der Waals surface area (Å²) in [7, 11) is 0. The third-order valence-electron chi connectivity index (χ3n) is 7.41. The molecule has 0 amide bonds. The summed E-state index contributed by atoms with van der Waals surface area (Å²) in [6, 6.07) is 0. The monoisotopic (exact) mass is 419 g/mol. The smallest absolute Gasteiger partial charge is 0.449 e. The van der Waals surface area contributed by atoms with E-state index in [1.807, 2.05) is 4.90 Å². The lowest BCUT2D eigenvalue weighted by Crippen LogP contribution is -2.67. The number of rotatable bonds is 2. The molecule has 0 N–H and O–H groups in total. The molecule has 0 aromatic heterocycles. The van der Waals surface area contributed by atoms with Crippen LogP contribution in [0.25, 0.3) is 0 Å². The van der Waals surface area contributed by atoms with Crippen LogP contribution in [0.3, 0.4) is 0 Å². The first-order valence-corrected chi connectivity index (χ1v) is 10.5. The first-order chi connectivity index (χ1) is 13.7. The molecule has 0 aromatic carbocycles. The molecule has 6 nitrogen and oxygen atoms in total. The summed E-state index contributed by atoms with van der Waals surface area (Å²) in [6.45, 7) is 6.29. The summed E-state index contributed by atoms with van der Waals surface area (Å²) in [5, 5.41) is 0. The molecule has 1 spiro atoms. The van der Waals surface area contributed by atoms with Gasteiger partial charge < -0.3 is 14.2 Å². The van der Waals surface area contributed by atoms with E-state index in [-0.39, 0.29) is 18.0 Å². The number of fused-ring (bicyclic) bond motifs is 2. The minimum atomic E-state index is -4.58. The van der Waals surface area contributed by atoms with Gasteiger partial charge >= 0.3 is 6.18 Å². The zero-order valence-electron chi connectivity index (χ0n) is 16.8. The topological polar surface area (TPSA) is 49.4 Å². The highest BCUT2D eigenvalue weighted by Gasteiger charge is 2.70. The molecular weight excluding hydrogens is 391 g/mol. The number of allylic oxidation sites excluding steroid dienone is 1. The standard InChI is InChI=1S/C20H28F3NO5/c1-12-3-4-15-13(11-24-7-9-25-10-8-24)16(20(21,22)23)26-17-19(15)14(12)5-6-18(2,27-17)28-29-19/h12,14-15,17H,3-11H2,1-2H3/t12-,14+,15+,17-,18?,19?/m1/s1. The molecule has 164 valence electrons. The lowest BCUT2D eigenvalue weighted by Gasteiger charge is -2.57. The fourth-order valence-corrected chi connectivity index (χ4v) is 5.92. The molecule has 2 bridgehead atoms. The van der Waals surface area contributed by atoms with E-state index in [0.29, 0.717) is 45.1 Å². The van der Waals surface area contributed by atoms with Gasteiger partial charge in [0.25, 0.3) is 0 Å². The van der Waals surface area contributed by atoms with E-state index in [2.05, 4.69) is 6.92 Å². The van der Waals surface area contributed by atoms with Gasteiger partial charge in [-0.05, 0) is 37.7 Å². The van der Waals surface area contributed by atoms with E-state index in [1.54, 1.807) is 6.92 Å². The number of ether oxygens (including phenoxy) is 3. The van der Waals surface area contributed by atoms with Crippen molar-refractivity contribution in [2.24, 2.45) is 17.8 Å². The van der Waals surface area contributed by atoms with Crippen LogP contribution in [0.4, 0.5) is 13.2 Å². The fraction of sp³-hybridized carbons (Fsp3) is 0.900. The van der Waals surface area contributed by atoms with E-state index in [9.17, 15) is 13.2 Å². The molecule has 4 saturated heterocycles. The van der Waals surface area contributed by atoms with Gasteiger partial charge in [0, 0.05) is 37.9 Å². The summed E-state index contributed by atoms with van der Waals surface area (Å²) in [5.41, 5.74) is -0.769. The average molecular weight is 419 g/mol. The summed E-state index contributed by atoms with van der Waals surface area (Å²) >= 11 is 0. The maximum atomic E-state index is 14.1. The second-order valence-electron chi connectivity index (χ2n) is 9.21. The van der Waals surface area contributed by atoms with Crippen molar-refractivity contribution in [1.29, 1.82) is 0 Å². The maximum Gasteiger partial charge on any atom is 0.449 e. The Labute approximate surface area is 168 Å². The zero-order valence-corrected chi connectivity index (χ0v) is 16.8. The van der Waals surface area contributed by atoms with Crippen molar-refractivity contribution in [2.45, 2.75) is 63.4 Å². The van der Waals surface area contributed by atoms with Crippen molar-refractivity contribution >= 4 is 0 Å². The van der Waals surface area contributed by atoms with Gasteiger partial charge in [-0.2, -0.15) is 13.2 Å². The van der Waals surface area contributed by atoms with Crippen LogP contribution in [0, 0.1) is 17.8 Å². The molecule has 1 saturated carbocycles. The van der Waals surface area contributed by atoms with Crippen LogP contribution in [-0.4, -0.2) is 61.6 Å². The highest BCUT2D eigenvalue weighted by molar-refractivity contribution is 5.29. The highest BCUT2D eigenvalue weighted by atomic mass is 19.4. The predicted molar refractivity (Wildman–Crippen MR) is 94.2 cm³/mol. The quantitative estimate of drug-likeness (QED) is 0.640. The lowest BCUT2D eigenvalue weighted by atomic mass is 9.59. The first-order valence-electron chi connectivity index (χ1n) is 10.5. The predicted octanol–water partition coefficient (Wildman–Crippen LogP) is 3.38. The number of hydrogen-bond acceptors (Lipinski definition) is 6. The number of alkyl halides is 3. The third kappa shape index (κ3) is 3.12. The molecule has 5 fully saturated rings. The normalized spacial score (nSPS) is 45.6. The summed E-state index contributed by atoms with van der Waals surface area (Å²) in [4.78, 5) is 13.7. The molecule has 2 unspecified atom stereocenters. The van der Waals surface area contributed by atoms with Crippen molar-refractivity contribution in [3.05, 3.63) is 11.3 Å². The van der Waals surface area contributed by atoms with E-state index in [4.69, 9.17) is 24.0 Å². The van der Waals surface area contributed by atoms with Gasteiger partial charge in [0.1, 0.15) is 0 Å². The van der Waals surface area contributed by atoms with E-state index < -0.39 is 35.5 Å². The summed E-state index contributed by atoms with van der Waals surface area (Å²) < 4.78 is 59.3. The molecule has 6 aliphatic rings. The Morgan fingerprint density at radius 1 is 1.10 bits per heavy atom. The van der Waals surface area contributed by atoms with E-state index >= 15 is 0 Å². The summed E-state index contributed by atoms with van der Waals surface area (Å²) in [5.74, 6) is -2.13. The second-order valence-corrected chi connectivity index (χ2v) is 9.21. The van der Waals surface area contributed by atoms with Gasteiger partial charge in [0.05, 0.1) is 13.2 Å². The molecule has 9 heteroatoms. The first kappa shape index (κ1) is 20.1. The van der Waals surface area contributed by atoms with Crippen LogP contribution >= 0.6 is 0 Å². The Balaban J connectivity index is 1.60. The molecule has 0 radical (unpaired) electrons. The van der Waals surface area contributed by atoms with Crippen molar-refractivity contribution in [2.75, 3.05) is 32.8 Å². The fourth-order valence-electron chi connectivity index (χ4n) is 5.92. The molecule has 1 aliphatic carbocycles.